The molecule has 8 heteroatoms. The van der Waals surface area contributed by atoms with Crippen molar-refractivity contribution in [3.05, 3.63) is 29.6 Å². The number of halogens is 1. The summed E-state index contributed by atoms with van der Waals surface area (Å²) < 4.78 is 15.5. The lowest BCUT2D eigenvalue weighted by molar-refractivity contribution is -0.115. The maximum Gasteiger partial charge on any atom is 0.237 e. The third-order valence-electron chi connectivity index (χ3n) is 4.47. The third-order valence-corrected chi connectivity index (χ3v) is 5.52. The molecule has 1 atom stereocenters. The number of rotatable bonds is 5. The summed E-state index contributed by atoms with van der Waals surface area (Å²) in [6, 6.07) is 4.98. The molecular weight excluding hydrogens is 341 g/mol. The Labute approximate surface area is 150 Å². The van der Waals surface area contributed by atoms with E-state index in [1.807, 2.05) is 4.68 Å². The molecule has 1 aromatic heterocycles. The molecule has 0 bridgehead atoms. The number of amides is 1. The van der Waals surface area contributed by atoms with Crippen LogP contribution in [0.25, 0.3) is 0 Å². The lowest BCUT2D eigenvalue weighted by Crippen LogP contribution is -2.23. The van der Waals surface area contributed by atoms with E-state index in [9.17, 15) is 9.18 Å². The molecule has 1 unspecified atom stereocenters. The zero-order valence-corrected chi connectivity index (χ0v) is 15.2. The maximum atomic E-state index is 13.6. The van der Waals surface area contributed by atoms with Crippen LogP contribution in [0.4, 0.5) is 10.1 Å². The number of hydrogen-bond acceptors (Lipinski definition) is 5. The first-order valence-corrected chi connectivity index (χ1v) is 9.44. The van der Waals surface area contributed by atoms with Gasteiger partial charge < -0.3 is 5.32 Å². The number of nitrogens with one attached hydrogen (secondary N) is 1. The molecule has 1 aromatic carbocycles. The van der Waals surface area contributed by atoms with E-state index in [0.29, 0.717) is 22.4 Å². The van der Waals surface area contributed by atoms with Crippen molar-refractivity contribution in [2.45, 2.75) is 62.4 Å². The van der Waals surface area contributed by atoms with Gasteiger partial charge in [0, 0.05) is 5.69 Å². The summed E-state index contributed by atoms with van der Waals surface area (Å²) >= 11 is 1.33. The van der Waals surface area contributed by atoms with Crippen LogP contribution >= 0.6 is 11.8 Å². The Bertz CT molecular complexity index is 744. The fraction of sp³-hybridized carbons (Fsp3) is 0.529. The van der Waals surface area contributed by atoms with Gasteiger partial charge in [0.15, 0.2) is 0 Å². The highest BCUT2D eigenvalue weighted by atomic mass is 32.2. The van der Waals surface area contributed by atoms with Gasteiger partial charge in [0.25, 0.3) is 0 Å². The SMILES string of the molecule is Cc1ccc(NC(=O)C(C)Sc2nnnn2C2CCCCC2)cc1F. The van der Waals surface area contributed by atoms with Gasteiger partial charge in [-0.05, 0) is 54.8 Å². The number of tetrazole rings is 1. The van der Waals surface area contributed by atoms with Gasteiger partial charge in [0.2, 0.25) is 11.1 Å². The predicted octanol–water partition coefficient (Wildman–Crippen LogP) is 3.75. The fourth-order valence-electron chi connectivity index (χ4n) is 2.94. The van der Waals surface area contributed by atoms with Crippen LogP contribution < -0.4 is 5.32 Å². The molecule has 1 amide bonds. The Morgan fingerprint density at radius 3 is 2.84 bits per heavy atom. The van der Waals surface area contributed by atoms with E-state index < -0.39 is 5.25 Å². The number of thioether (sulfide) groups is 1. The van der Waals surface area contributed by atoms with Crippen molar-refractivity contribution < 1.29 is 9.18 Å². The molecule has 0 radical (unpaired) electrons. The standard InChI is InChI=1S/C17H22FN5OS/c1-11-8-9-13(10-15(11)18)19-16(24)12(2)25-17-20-21-22-23(17)14-6-4-3-5-7-14/h8-10,12,14H,3-7H2,1-2H3,(H,19,24). The van der Waals surface area contributed by atoms with Gasteiger partial charge in [0.1, 0.15) is 5.82 Å². The number of aryl methyl sites for hydroxylation is 1. The molecule has 1 heterocycles. The molecule has 1 aliphatic rings. The highest BCUT2D eigenvalue weighted by molar-refractivity contribution is 8.00. The molecule has 1 fully saturated rings. The quantitative estimate of drug-likeness (QED) is 0.819. The van der Waals surface area contributed by atoms with Crippen LogP contribution in [-0.2, 0) is 4.79 Å². The number of aromatic nitrogens is 4. The molecule has 1 N–H and O–H groups in total. The van der Waals surface area contributed by atoms with Crippen LogP contribution in [0, 0.1) is 12.7 Å². The second-order valence-electron chi connectivity index (χ2n) is 6.41. The molecule has 3 rings (SSSR count). The summed E-state index contributed by atoms with van der Waals surface area (Å²) in [6.07, 6.45) is 5.77. The maximum absolute atomic E-state index is 13.6. The number of hydrogen-bond donors (Lipinski definition) is 1. The molecule has 134 valence electrons. The summed E-state index contributed by atoms with van der Waals surface area (Å²) in [7, 11) is 0. The minimum absolute atomic E-state index is 0.202. The van der Waals surface area contributed by atoms with Crippen molar-refractivity contribution >= 4 is 23.4 Å². The zero-order valence-electron chi connectivity index (χ0n) is 14.4. The van der Waals surface area contributed by atoms with E-state index in [-0.39, 0.29) is 11.7 Å². The average Bonchev–Trinajstić information content (AvgIpc) is 3.07. The van der Waals surface area contributed by atoms with Gasteiger partial charge in [-0.2, -0.15) is 0 Å². The van der Waals surface area contributed by atoms with E-state index in [0.717, 1.165) is 12.8 Å². The van der Waals surface area contributed by atoms with Crippen LogP contribution in [0.15, 0.2) is 23.4 Å². The number of anilines is 1. The summed E-state index contributed by atoms with van der Waals surface area (Å²) in [5, 5.41) is 15.0. The number of benzene rings is 1. The summed E-state index contributed by atoms with van der Waals surface area (Å²) in [5.74, 6) is -0.536. The molecule has 25 heavy (non-hydrogen) atoms. The monoisotopic (exact) mass is 363 g/mol. The lowest BCUT2D eigenvalue weighted by Gasteiger charge is -2.22. The van der Waals surface area contributed by atoms with Crippen molar-refractivity contribution in [3.63, 3.8) is 0 Å². The third kappa shape index (κ3) is 4.36. The number of carbonyl (C=O) groups excluding carboxylic acids is 1. The van der Waals surface area contributed by atoms with Crippen molar-refractivity contribution in [1.29, 1.82) is 0 Å². The molecule has 0 saturated heterocycles. The second kappa shape index (κ2) is 7.95. The first-order valence-electron chi connectivity index (χ1n) is 8.56. The van der Waals surface area contributed by atoms with Crippen LogP contribution in [0.1, 0.15) is 50.6 Å². The van der Waals surface area contributed by atoms with Gasteiger partial charge in [-0.3, -0.25) is 4.79 Å². The minimum Gasteiger partial charge on any atom is -0.325 e. The van der Waals surface area contributed by atoms with Crippen LogP contribution in [0.2, 0.25) is 0 Å². The Balaban J connectivity index is 1.63. The Hall–Kier alpha value is -1.96. The van der Waals surface area contributed by atoms with Crippen molar-refractivity contribution in [3.8, 4) is 0 Å². The summed E-state index contributed by atoms with van der Waals surface area (Å²) in [6.45, 7) is 3.48. The van der Waals surface area contributed by atoms with E-state index >= 15 is 0 Å². The van der Waals surface area contributed by atoms with Gasteiger partial charge in [-0.1, -0.05) is 37.1 Å². The Morgan fingerprint density at radius 2 is 2.12 bits per heavy atom. The molecule has 1 aliphatic carbocycles. The van der Waals surface area contributed by atoms with Crippen LogP contribution in [0.3, 0.4) is 0 Å². The summed E-state index contributed by atoms with van der Waals surface area (Å²) in [4.78, 5) is 12.4. The van der Waals surface area contributed by atoms with Gasteiger partial charge in [0.05, 0.1) is 11.3 Å². The largest absolute Gasteiger partial charge is 0.325 e. The first kappa shape index (κ1) is 17.8. The Kier molecular flexibility index (Phi) is 5.67. The fourth-order valence-corrected chi connectivity index (χ4v) is 3.80. The van der Waals surface area contributed by atoms with Crippen molar-refractivity contribution in [1.82, 2.24) is 20.2 Å². The highest BCUT2D eigenvalue weighted by Gasteiger charge is 2.24. The van der Waals surface area contributed by atoms with E-state index in [1.54, 1.807) is 26.0 Å². The average molecular weight is 363 g/mol. The number of nitrogens with zero attached hydrogens (tertiary/aromatic N) is 4. The van der Waals surface area contributed by atoms with Gasteiger partial charge in [-0.15, -0.1) is 5.10 Å². The minimum atomic E-state index is -0.391. The van der Waals surface area contributed by atoms with Crippen LogP contribution in [-0.4, -0.2) is 31.4 Å². The first-order chi connectivity index (χ1) is 12.0. The smallest absolute Gasteiger partial charge is 0.237 e. The zero-order chi connectivity index (χ0) is 17.8. The molecule has 0 aliphatic heterocycles. The molecule has 2 aromatic rings. The molecular formula is C17H22FN5OS. The van der Waals surface area contributed by atoms with Crippen molar-refractivity contribution in [2.75, 3.05) is 5.32 Å². The van der Waals surface area contributed by atoms with E-state index in [1.165, 1.54) is 37.1 Å². The molecule has 6 nitrogen and oxygen atoms in total. The van der Waals surface area contributed by atoms with Crippen LogP contribution in [0.5, 0.6) is 0 Å². The van der Waals surface area contributed by atoms with Gasteiger partial charge >= 0.3 is 0 Å². The Morgan fingerprint density at radius 1 is 1.36 bits per heavy atom. The van der Waals surface area contributed by atoms with Crippen molar-refractivity contribution in [2.24, 2.45) is 0 Å². The van der Waals surface area contributed by atoms with E-state index in [4.69, 9.17) is 0 Å². The summed E-state index contributed by atoms with van der Waals surface area (Å²) in [5.41, 5.74) is 1.000. The van der Waals surface area contributed by atoms with E-state index in [2.05, 4.69) is 20.8 Å². The lowest BCUT2D eigenvalue weighted by atomic mass is 9.96. The normalized spacial score (nSPS) is 16.6. The predicted molar refractivity (Wildman–Crippen MR) is 95.0 cm³/mol. The van der Waals surface area contributed by atoms with Gasteiger partial charge in [-0.25, -0.2) is 9.07 Å². The molecule has 0 spiro atoms. The molecule has 1 saturated carbocycles. The topological polar surface area (TPSA) is 72.7 Å². The number of carbonyl (C=O) groups is 1. The highest BCUT2D eigenvalue weighted by Crippen LogP contribution is 2.31. The second-order valence-corrected chi connectivity index (χ2v) is 7.72.